The summed E-state index contributed by atoms with van der Waals surface area (Å²) in [4.78, 5) is 17.2. The van der Waals surface area contributed by atoms with Crippen LogP contribution in [0.1, 0.15) is 12.5 Å². The van der Waals surface area contributed by atoms with Gasteiger partial charge in [0.2, 0.25) is 11.8 Å². The number of ether oxygens (including phenoxy) is 1. The monoisotopic (exact) mass is 243 g/mol. The summed E-state index contributed by atoms with van der Waals surface area (Å²) in [6.07, 6.45) is 4.75. The highest BCUT2D eigenvalue weighted by atomic mass is 16.5. The van der Waals surface area contributed by atoms with E-state index >= 15 is 0 Å². The van der Waals surface area contributed by atoms with Crippen molar-refractivity contribution in [1.82, 2.24) is 9.88 Å². The Morgan fingerprint density at radius 3 is 3.11 bits per heavy atom. The van der Waals surface area contributed by atoms with Crippen molar-refractivity contribution in [3.05, 3.63) is 36.0 Å². The highest BCUT2D eigenvalue weighted by molar-refractivity contribution is 5.88. The Labute approximate surface area is 105 Å². The molecule has 1 aliphatic rings. The largest absolute Gasteiger partial charge is 0.471 e. The fourth-order valence-corrected chi connectivity index (χ4v) is 1.65. The lowest BCUT2D eigenvalue weighted by molar-refractivity contribution is -0.134. The molecule has 0 radical (unpaired) electrons. The van der Waals surface area contributed by atoms with Crippen molar-refractivity contribution in [2.24, 2.45) is 0 Å². The van der Waals surface area contributed by atoms with Gasteiger partial charge in [-0.1, -0.05) is 6.08 Å². The summed E-state index contributed by atoms with van der Waals surface area (Å²) in [6.45, 7) is 2.92. The topological polar surface area (TPSA) is 66.2 Å². The Morgan fingerprint density at radius 1 is 1.67 bits per heavy atom. The molecule has 1 amide bonds. The Kier molecular flexibility index (Phi) is 3.58. The molecule has 0 spiro atoms. The first-order chi connectivity index (χ1) is 8.72. The molecule has 1 aliphatic heterocycles. The van der Waals surface area contributed by atoms with E-state index in [1.807, 2.05) is 13.0 Å². The van der Waals surface area contributed by atoms with Gasteiger partial charge in [-0.25, -0.2) is 4.98 Å². The molecule has 0 bridgehead atoms. The zero-order valence-electron chi connectivity index (χ0n) is 10.0. The summed E-state index contributed by atoms with van der Waals surface area (Å²) in [5.74, 6) is 0.424. The normalized spacial score (nSPS) is 15.2. The van der Waals surface area contributed by atoms with Crippen molar-refractivity contribution in [3.63, 3.8) is 0 Å². The molecule has 0 N–H and O–H groups in total. The number of rotatable bonds is 3. The zero-order valence-corrected chi connectivity index (χ0v) is 10.0. The van der Waals surface area contributed by atoms with E-state index in [1.165, 1.54) is 12.3 Å². The van der Waals surface area contributed by atoms with E-state index < -0.39 is 0 Å². The minimum Gasteiger partial charge on any atom is -0.471 e. The molecule has 92 valence electrons. The molecular weight excluding hydrogens is 230 g/mol. The van der Waals surface area contributed by atoms with Gasteiger partial charge in [-0.2, -0.15) is 5.26 Å². The van der Waals surface area contributed by atoms with E-state index in [0.717, 1.165) is 0 Å². The first-order valence-electron chi connectivity index (χ1n) is 5.67. The van der Waals surface area contributed by atoms with E-state index in [0.29, 0.717) is 24.5 Å². The van der Waals surface area contributed by atoms with Gasteiger partial charge in [0.25, 0.3) is 0 Å². The molecule has 2 rings (SSSR count). The van der Waals surface area contributed by atoms with E-state index in [9.17, 15) is 4.79 Å². The number of hydrogen-bond acceptors (Lipinski definition) is 4. The van der Waals surface area contributed by atoms with Crippen LogP contribution in [0, 0.1) is 11.3 Å². The number of hydrogen-bond donors (Lipinski definition) is 0. The lowest BCUT2D eigenvalue weighted by Crippen LogP contribution is -2.55. The summed E-state index contributed by atoms with van der Waals surface area (Å²) >= 11 is 0. The van der Waals surface area contributed by atoms with Crippen molar-refractivity contribution < 1.29 is 9.53 Å². The van der Waals surface area contributed by atoms with Crippen LogP contribution in [0.3, 0.4) is 0 Å². The third-order valence-electron chi connectivity index (χ3n) is 2.62. The molecule has 1 saturated heterocycles. The van der Waals surface area contributed by atoms with Crippen molar-refractivity contribution in [2.45, 2.75) is 13.0 Å². The van der Waals surface area contributed by atoms with Crippen LogP contribution < -0.4 is 4.74 Å². The summed E-state index contributed by atoms with van der Waals surface area (Å²) in [5.41, 5.74) is 0.515. The molecule has 0 saturated carbocycles. The van der Waals surface area contributed by atoms with E-state index in [-0.39, 0.29) is 12.0 Å². The molecule has 0 aromatic carbocycles. The average Bonchev–Trinajstić information content (AvgIpc) is 2.33. The maximum absolute atomic E-state index is 11.4. The molecule has 5 nitrogen and oxygen atoms in total. The lowest BCUT2D eigenvalue weighted by atomic mass is 10.1. The average molecular weight is 243 g/mol. The molecule has 0 aliphatic carbocycles. The van der Waals surface area contributed by atoms with Gasteiger partial charge in [-0.3, -0.25) is 4.79 Å². The minimum atomic E-state index is -0.0411. The second kappa shape index (κ2) is 5.32. The SMILES string of the molecule is C/C=C/C(=O)N1CC(Oc2cc(C#N)ccn2)C1. The quantitative estimate of drug-likeness (QED) is 0.746. The van der Waals surface area contributed by atoms with Gasteiger partial charge >= 0.3 is 0 Å². The predicted octanol–water partition coefficient (Wildman–Crippen LogP) is 1.12. The number of amides is 1. The number of likely N-dealkylation sites (tertiary alicyclic amines) is 1. The van der Waals surface area contributed by atoms with Crippen LogP contribution in [0.2, 0.25) is 0 Å². The van der Waals surface area contributed by atoms with Crippen LogP contribution in [0.15, 0.2) is 30.5 Å². The maximum atomic E-state index is 11.4. The number of aromatic nitrogens is 1. The summed E-state index contributed by atoms with van der Waals surface area (Å²) < 4.78 is 5.57. The molecule has 2 heterocycles. The smallest absolute Gasteiger partial charge is 0.246 e. The molecular formula is C13H13N3O2. The van der Waals surface area contributed by atoms with Crippen LogP contribution in [-0.2, 0) is 4.79 Å². The van der Waals surface area contributed by atoms with Crippen LogP contribution >= 0.6 is 0 Å². The van der Waals surface area contributed by atoms with Crippen molar-refractivity contribution >= 4 is 5.91 Å². The lowest BCUT2D eigenvalue weighted by Gasteiger charge is -2.38. The van der Waals surface area contributed by atoms with Gasteiger partial charge in [0.05, 0.1) is 24.7 Å². The van der Waals surface area contributed by atoms with Crippen molar-refractivity contribution in [3.8, 4) is 11.9 Å². The molecule has 18 heavy (non-hydrogen) atoms. The van der Waals surface area contributed by atoms with E-state index in [1.54, 1.807) is 23.1 Å². The molecule has 0 atom stereocenters. The van der Waals surface area contributed by atoms with Crippen LogP contribution in [0.4, 0.5) is 0 Å². The van der Waals surface area contributed by atoms with E-state index in [4.69, 9.17) is 10.00 Å². The zero-order chi connectivity index (χ0) is 13.0. The third-order valence-corrected chi connectivity index (χ3v) is 2.62. The number of allylic oxidation sites excluding steroid dienone is 1. The number of nitrogens with zero attached hydrogens (tertiary/aromatic N) is 3. The highest BCUT2D eigenvalue weighted by Crippen LogP contribution is 2.17. The number of nitriles is 1. The Bertz CT molecular complexity index is 513. The Morgan fingerprint density at radius 2 is 2.44 bits per heavy atom. The summed E-state index contributed by atoms with van der Waals surface area (Å²) in [7, 11) is 0. The molecule has 1 aromatic heterocycles. The first-order valence-corrected chi connectivity index (χ1v) is 5.67. The van der Waals surface area contributed by atoms with Gasteiger partial charge < -0.3 is 9.64 Å². The van der Waals surface area contributed by atoms with Crippen LogP contribution in [-0.4, -0.2) is 35.0 Å². The van der Waals surface area contributed by atoms with Gasteiger partial charge in [0, 0.05) is 12.3 Å². The Hall–Kier alpha value is -2.35. The predicted molar refractivity (Wildman–Crippen MR) is 64.8 cm³/mol. The van der Waals surface area contributed by atoms with Gasteiger partial charge in [-0.05, 0) is 19.1 Å². The second-order valence-electron chi connectivity index (χ2n) is 3.98. The van der Waals surface area contributed by atoms with Crippen LogP contribution in [0.5, 0.6) is 5.88 Å². The minimum absolute atomic E-state index is 0.00363. The van der Waals surface area contributed by atoms with Gasteiger partial charge in [0.1, 0.15) is 6.10 Å². The fourth-order valence-electron chi connectivity index (χ4n) is 1.65. The van der Waals surface area contributed by atoms with Gasteiger partial charge in [-0.15, -0.1) is 0 Å². The molecule has 5 heteroatoms. The second-order valence-corrected chi connectivity index (χ2v) is 3.98. The number of carbonyl (C=O) groups excluding carboxylic acids is 1. The Balaban J connectivity index is 1.87. The number of pyridine rings is 1. The van der Waals surface area contributed by atoms with E-state index in [2.05, 4.69) is 4.98 Å². The fraction of sp³-hybridized carbons (Fsp3) is 0.308. The van der Waals surface area contributed by atoms with Gasteiger partial charge in [0.15, 0.2) is 0 Å². The summed E-state index contributed by atoms with van der Waals surface area (Å²) in [5, 5.41) is 8.75. The van der Waals surface area contributed by atoms with Crippen molar-refractivity contribution in [2.75, 3.05) is 13.1 Å². The molecule has 1 aromatic rings. The number of carbonyl (C=O) groups is 1. The molecule has 0 unspecified atom stereocenters. The molecule has 1 fully saturated rings. The third kappa shape index (κ3) is 2.66. The summed E-state index contributed by atoms with van der Waals surface area (Å²) in [6, 6.07) is 5.24. The maximum Gasteiger partial charge on any atom is 0.246 e. The first kappa shape index (κ1) is 12.1. The highest BCUT2D eigenvalue weighted by Gasteiger charge is 2.31. The van der Waals surface area contributed by atoms with Crippen LogP contribution in [0.25, 0.3) is 0 Å². The van der Waals surface area contributed by atoms with Crippen molar-refractivity contribution in [1.29, 1.82) is 5.26 Å². The standard InChI is InChI=1S/C13H13N3O2/c1-2-3-13(17)16-8-11(9-16)18-12-6-10(7-14)4-5-15-12/h2-6,11H,8-9H2,1H3/b3-2+.